The van der Waals surface area contributed by atoms with Gasteiger partial charge in [-0.2, -0.15) is 0 Å². The Morgan fingerprint density at radius 3 is 2.84 bits per heavy atom. The lowest BCUT2D eigenvalue weighted by molar-refractivity contribution is -0.118. The van der Waals surface area contributed by atoms with Crippen molar-refractivity contribution in [3.63, 3.8) is 0 Å². The van der Waals surface area contributed by atoms with Crippen LogP contribution in [0.15, 0.2) is 48.8 Å². The lowest BCUT2D eigenvalue weighted by Crippen LogP contribution is -2.53. The number of para-hydroxylation sites is 1. The summed E-state index contributed by atoms with van der Waals surface area (Å²) >= 11 is 0. The smallest absolute Gasteiger partial charge is 0.238 e. The van der Waals surface area contributed by atoms with E-state index in [9.17, 15) is 9.18 Å². The standard InChI is InChI=1S/C19H23FN4O/c1-15-12-23(13-16-5-4-8-21-11-16)9-10-24(15)14-19(25)22-18-7-3-2-6-17(18)20/h2-8,11,15H,9-10,12-14H2,1H3,(H,22,25)/t15-/m0/s1. The van der Waals surface area contributed by atoms with E-state index in [-0.39, 0.29) is 24.2 Å². The van der Waals surface area contributed by atoms with Crippen molar-refractivity contribution in [2.75, 3.05) is 31.5 Å². The molecule has 5 nitrogen and oxygen atoms in total. The fourth-order valence-electron chi connectivity index (χ4n) is 3.14. The van der Waals surface area contributed by atoms with Gasteiger partial charge in [0.2, 0.25) is 5.91 Å². The summed E-state index contributed by atoms with van der Waals surface area (Å²) in [7, 11) is 0. The molecule has 0 unspecified atom stereocenters. The van der Waals surface area contributed by atoms with Gasteiger partial charge in [-0.25, -0.2) is 4.39 Å². The molecule has 0 radical (unpaired) electrons. The van der Waals surface area contributed by atoms with Crippen LogP contribution in [-0.4, -0.2) is 52.9 Å². The number of carbonyl (C=O) groups is 1. The predicted molar refractivity (Wildman–Crippen MR) is 95.6 cm³/mol. The Balaban J connectivity index is 1.50. The van der Waals surface area contributed by atoms with Crippen molar-refractivity contribution in [2.24, 2.45) is 0 Å². The van der Waals surface area contributed by atoms with Gasteiger partial charge in [-0.3, -0.25) is 19.6 Å². The third-order valence-electron chi connectivity index (χ3n) is 4.47. The number of hydrogen-bond acceptors (Lipinski definition) is 4. The molecule has 3 rings (SSSR count). The van der Waals surface area contributed by atoms with E-state index in [4.69, 9.17) is 0 Å². The second kappa shape index (κ2) is 8.18. The van der Waals surface area contributed by atoms with Gasteiger partial charge in [0.25, 0.3) is 0 Å². The van der Waals surface area contributed by atoms with Crippen molar-refractivity contribution in [2.45, 2.75) is 19.5 Å². The van der Waals surface area contributed by atoms with Crippen LogP contribution in [0.4, 0.5) is 10.1 Å². The second-order valence-corrected chi connectivity index (χ2v) is 6.44. The molecule has 0 aliphatic carbocycles. The fourth-order valence-corrected chi connectivity index (χ4v) is 3.14. The molecule has 0 saturated carbocycles. The summed E-state index contributed by atoms with van der Waals surface area (Å²) in [6.45, 7) is 5.86. The lowest BCUT2D eigenvalue weighted by atomic mass is 10.1. The van der Waals surface area contributed by atoms with E-state index in [1.165, 1.54) is 11.6 Å². The van der Waals surface area contributed by atoms with E-state index >= 15 is 0 Å². The summed E-state index contributed by atoms with van der Waals surface area (Å²) in [5, 5.41) is 2.65. The Kier molecular flexibility index (Phi) is 5.73. The molecule has 1 aromatic heterocycles. The Labute approximate surface area is 147 Å². The fraction of sp³-hybridized carbons (Fsp3) is 0.368. The Morgan fingerprint density at radius 2 is 2.12 bits per heavy atom. The second-order valence-electron chi connectivity index (χ2n) is 6.44. The van der Waals surface area contributed by atoms with Crippen LogP contribution in [0, 0.1) is 5.82 Å². The normalized spacial score (nSPS) is 18.9. The zero-order chi connectivity index (χ0) is 17.6. The topological polar surface area (TPSA) is 48.5 Å². The molecule has 1 amide bonds. The van der Waals surface area contributed by atoms with Crippen LogP contribution in [-0.2, 0) is 11.3 Å². The first-order valence-corrected chi connectivity index (χ1v) is 8.51. The van der Waals surface area contributed by atoms with Crippen molar-refractivity contribution in [1.29, 1.82) is 0 Å². The van der Waals surface area contributed by atoms with Crippen LogP contribution in [0.3, 0.4) is 0 Å². The van der Waals surface area contributed by atoms with E-state index in [0.717, 1.165) is 26.2 Å². The molecule has 1 N–H and O–H groups in total. The van der Waals surface area contributed by atoms with Gasteiger partial charge in [0.15, 0.2) is 0 Å². The molecule has 25 heavy (non-hydrogen) atoms. The zero-order valence-corrected chi connectivity index (χ0v) is 14.4. The van der Waals surface area contributed by atoms with Gasteiger partial charge in [-0.15, -0.1) is 0 Å². The van der Waals surface area contributed by atoms with Crippen molar-refractivity contribution < 1.29 is 9.18 Å². The van der Waals surface area contributed by atoms with Crippen molar-refractivity contribution in [3.8, 4) is 0 Å². The maximum absolute atomic E-state index is 13.6. The van der Waals surface area contributed by atoms with Crippen LogP contribution >= 0.6 is 0 Å². The average Bonchev–Trinajstić information content (AvgIpc) is 2.60. The van der Waals surface area contributed by atoms with Gasteiger partial charge in [0.1, 0.15) is 5.82 Å². The minimum atomic E-state index is -0.412. The Hall–Kier alpha value is -2.31. The minimum absolute atomic E-state index is 0.183. The quantitative estimate of drug-likeness (QED) is 0.906. The monoisotopic (exact) mass is 342 g/mol. The Morgan fingerprint density at radius 1 is 1.28 bits per heavy atom. The van der Waals surface area contributed by atoms with Crippen LogP contribution in [0.2, 0.25) is 0 Å². The zero-order valence-electron chi connectivity index (χ0n) is 14.4. The van der Waals surface area contributed by atoms with E-state index in [1.807, 2.05) is 12.3 Å². The van der Waals surface area contributed by atoms with Crippen LogP contribution in [0.25, 0.3) is 0 Å². The number of halogens is 1. The first kappa shape index (κ1) is 17.5. The van der Waals surface area contributed by atoms with E-state index < -0.39 is 5.82 Å². The molecule has 1 aliphatic rings. The number of nitrogens with one attached hydrogen (secondary N) is 1. The molecule has 1 aromatic carbocycles. The average molecular weight is 342 g/mol. The van der Waals surface area contributed by atoms with E-state index in [0.29, 0.717) is 0 Å². The molecular formula is C19H23FN4O. The lowest BCUT2D eigenvalue weighted by Gasteiger charge is -2.39. The largest absolute Gasteiger partial charge is 0.322 e. The molecule has 0 bridgehead atoms. The highest BCUT2D eigenvalue weighted by atomic mass is 19.1. The first-order valence-electron chi connectivity index (χ1n) is 8.51. The maximum Gasteiger partial charge on any atom is 0.238 e. The van der Waals surface area contributed by atoms with Crippen molar-refractivity contribution in [1.82, 2.24) is 14.8 Å². The van der Waals surface area contributed by atoms with Gasteiger partial charge >= 0.3 is 0 Å². The number of nitrogens with zero attached hydrogens (tertiary/aromatic N) is 3. The third kappa shape index (κ3) is 4.84. The molecule has 132 valence electrons. The van der Waals surface area contributed by atoms with E-state index in [2.05, 4.69) is 33.1 Å². The summed E-state index contributed by atoms with van der Waals surface area (Å²) in [6.07, 6.45) is 3.66. The van der Waals surface area contributed by atoms with Gasteiger partial charge in [-0.05, 0) is 30.7 Å². The highest BCUT2D eigenvalue weighted by Gasteiger charge is 2.25. The number of benzene rings is 1. The summed E-state index contributed by atoms with van der Waals surface area (Å²) < 4.78 is 13.6. The molecular weight excluding hydrogens is 319 g/mol. The minimum Gasteiger partial charge on any atom is -0.322 e. The summed E-state index contributed by atoms with van der Waals surface area (Å²) in [5.41, 5.74) is 1.43. The van der Waals surface area contributed by atoms with Gasteiger partial charge in [0, 0.05) is 44.6 Å². The molecule has 1 aliphatic heterocycles. The first-order chi connectivity index (χ1) is 12.1. The van der Waals surface area contributed by atoms with E-state index in [1.54, 1.807) is 24.4 Å². The molecule has 1 fully saturated rings. The highest BCUT2D eigenvalue weighted by Crippen LogP contribution is 2.15. The number of amides is 1. The molecule has 1 atom stereocenters. The van der Waals surface area contributed by atoms with Crippen molar-refractivity contribution in [3.05, 3.63) is 60.2 Å². The van der Waals surface area contributed by atoms with Crippen LogP contribution in [0.1, 0.15) is 12.5 Å². The molecule has 2 heterocycles. The van der Waals surface area contributed by atoms with Gasteiger partial charge in [0.05, 0.1) is 12.2 Å². The van der Waals surface area contributed by atoms with Crippen molar-refractivity contribution >= 4 is 11.6 Å². The van der Waals surface area contributed by atoms with Gasteiger partial charge in [-0.1, -0.05) is 18.2 Å². The van der Waals surface area contributed by atoms with Crippen LogP contribution < -0.4 is 5.32 Å². The number of anilines is 1. The maximum atomic E-state index is 13.6. The summed E-state index contributed by atoms with van der Waals surface area (Å²) in [6, 6.07) is 10.5. The number of pyridine rings is 1. The highest BCUT2D eigenvalue weighted by molar-refractivity contribution is 5.92. The molecule has 6 heteroatoms. The summed E-state index contributed by atoms with van der Waals surface area (Å²) in [4.78, 5) is 20.9. The SMILES string of the molecule is C[C@H]1CN(Cc2cccnc2)CCN1CC(=O)Nc1ccccc1F. The number of carbonyl (C=O) groups excluding carboxylic acids is 1. The molecule has 0 spiro atoms. The Bertz CT molecular complexity index is 710. The number of aromatic nitrogens is 1. The number of hydrogen-bond donors (Lipinski definition) is 1. The van der Waals surface area contributed by atoms with Crippen LogP contribution in [0.5, 0.6) is 0 Å². The molecule has 1 saturated heterocycles. The van der Waals surface area contributed by atoms with Gasteiger partial charge < -0.3 is 5.32 Å². The number of rotatable bonds is 5. The third-order valence-corrected chi connectivity index (χ3v) is 4.47. The predicted octanol–water partition coefficient (Wildman–Crippen LogP) is 2.37. The molecule has 2 aromatic rings. The number of piperazine rings is 1. The summed E-state index contributed by atoms with van der Waals surface area (Å²) in [5.74, 6) is -0.595.